The molecule has 0 saturated heterocycles. The number of aromatic nitrogens is 3. The van der Waals surface area contributed by atoms with Gasteiger partial charge >= 0.3 is 0 Å². The number of benzene rings is 1. The van der Waals surface area contributed by atoms with Crippen LogP contribution < -0.4 is 5.32 Å². The molecule has 0 unspecified atom stereocenters. The lowest BCUT2D eigenvalue weighted by Crippen LogP contribution is -1.99. The van der Waals surface area contributed by atoms with Gasteiger partial charge in [-0.05, 0) is 24.3 Å². The molecule has 0 fully saturated rings. The topological polar surface area (TPSA) is 63.8 Å². The van der Waals surface area contributed by atoms with E-state index in [2.05, 4.69) is 20.4 Å². The predicted octanol–water partition coefficient (Wildman–Crippen LogP) is 2.74. The van der Waals surface area contributed by atoms with Crippen LogP contribution in [0.5, 0.6) is 0 Å². The maximum Gasteiger partial charge on any atom is 0.246 e. The first-order valence-corrected chi connectivity index (χ1v) is 5.94. The van der Waals surface area contributed by atoms with Gasteiger partial charge in [0, 0.05) is 23.6 Å². The Morgan fingerprint density at radius 1 is 1.05 bits per heavy atom. The van der Waals surface area contributed by atoms with E-state index in [9.17, 15) is 0 Å². The van der Waals surface area contributed by atoms with Crippen molar-refractivity contribution >= 4 is 5.69 Å². The van der Waals surface area contributed by atoms with Gasteiger partial charge in [0.05, 0.1) is 6.54 Å². The van der Waals surface area contributed by atoms with Gasteiger partial charge in [-0.2, -0.15) is 4.98 Å². The van der Waals surface area contributed by atoms with Crippen LogP contribution in [0, 0.1) is 0 Å². The van der Waals surface area contributed by atoms with Crippen molar-refractivity contribution in [2.75, 3.05) is 5.32 Å². The summed E-state index contributed by atoms with van der Waals surface area (Å²) in [4.78, 5) is 8.34. The first-order valence-electron chi connectivity index (χ1n) is 5.94. The summed E-state index contributed by atoms with van der Waals surface area (Å²) in [5.74, 6) is 1.10. The monoisotopic (exact) mass is 252 g/mol. The summed E-state index contributed by atoms with van der Waals surface area (Å²) >= 11 is 0. The molecule has 3 rings (SSSR count). The Morgan fingerprint density at radius 2 is 1.95 bits per heavy atom. The van der Waals surface area contributed by atoms with E-state index in [0.717, 1.165) is 11.3 Å². The molecule has 0 saturated carbocycles. The fraction of sp³-hybridized carbons (Fsp3) is 0.0714. The molecule has 94 valence electrons. The summed E-state index contributed by atoms with van der Waals surface area (Å²) in [7, 11) is 0. The molecule has 0 spiro atoms. The number of para-hydroxylation sites is 1. The Balaban J connectivity index is 1.69. The van der Waals surface area contributed by atoms with Gasteiger partial charge in [0.2, 0.25) is 11.7 Å². The molecule has 0 aliphatic heterocycles. The summed E-state index contributed by atoms with van der Waals surface area (Å²) < 4.78 is 5.19. The molecule has 0 radical (unpaired) electrons. The van der Waals surface area contributed by atoms with Crippen LogP contribution >= 0.6 is 0 Å². The van der Waals surface area contributed by atoms with E-state index < -0.39 is 0 Å². The van der Waals surface area contributed by atoms with Crippen LogP contribution in [0.15, 0.2) is 59.4 Å². The Bertz CT molecular complexity index is 637. The second-order valence-corrected chi connectivity index (χ2v) is 3.97. The van der Waals surface area contributed by atoms with Crippen molar-refractivity contribution in [3.63, 3.8) is 0 Å². The Labute approximate surface area is 110 Å². The smallest absolute Gasteiger partial charge is 0.246 e. The summed E-state index contributed by atoms with van der Waals surface area (Å²) in [6, 6.07) is 13.6. The second kappa shape index (κ2) is 5.30. The van der Waals surface area contributed by atoms with Crippen molar-refractivity contribution in [1.82, 2.24) is 15.1 Å². The van der Waals surface area contributed by atoms with E-state index in [1.807, 2.05) is 42.5 Å². The highest BCUT2D eigenvalue weighted by atomic mass is 16.5. The first-order chi connectivity index (χ1) is 9.42. The molecule has 0 atom stereocenters. The standard InChI is InChI=1S/C14H12N4O/c1-2-6-12(7-3-1)16-10-13-17-14(18-19-13)11-5-4-8-15-9-11/h1-9,16H,10H2. The summed E-state index contributed by atoms with van der Waals surface area (Å²) in [6.07, 6.45) is 3.42. The molecule has 2 aromatic heterocycles. The number of hydrogen-bond acceptors (Lipinski definition) is 5. The molecule has 19 heavy (non-hydrogen) atoms. The van der Waals surface area contributed by atoms with Crippen LogP contribution in [0.3, 0.4) is 0 Å². The highest BCUT2D eigenvalue weighted by Crippen LogP contribution is 2.14. The maximum atomic E-state index is 5.19. The number of rotatable bonds is 4. The molecular formula is C14H12N4O. The van der Waals surface area contributed by atoms with Crippen molar-refractivity contribution in [2.45, 2.75) is 6.54 Å². The first kappa shape index (κ1) is 11.4. The lowest BCUT2D eigenvalue weighted by atomic mass is 10.3. The largest absolute Gasteiger partial charge is 0.376 e. The van der Waals surface area contributed by atoms with Crippen molar-refractivity contribution in [1.29, 1.82) is 0 Å². The molecule has 0 aliphatic rings. The molecule has 5 heteroatoms. The third-order valence-electron chi connectivity index (χ3n) is 2.61. The Morgan fingerprint density at radius 3 is 2.74 bits per heavy atom. The molecule has 3 aromatic rings. The Hall–Kier alpha value is -2.69. The van der Waals surface area contributed by atoms with Gasteiger partial charge in [-0.15, -0.1) is 0 Å². The predicted molar refractivity (Wildman–Crippen MR) is 71.3 cm³/mol. The van der Waals surface area contributed by atoms with Gasteiger partial charge in [-0.25, -0.2) is 0 Å². The van der Waals surface area contributed by atoms with Crippen molar-refractivity contribution in [3.05, 3.63) is 60.7 Å². The zero-order chi connectivity index (χ0) is 12.9. The van der Waals surface area contributed by atoms with E-state index in [0.29, 0.717) is 18.3 Å². The highest BCUT2D eigenvalue weighted by Gasteiger charge is 2.07. The zero-order valence-electron chi connectivity index (χ0n) is 10.2. The average Bonchev–Trinajstić information content (AvgIpc) is 2.96. The molecule has 5 nitrogen and oxygen atoms in total. The number of nitrogens with zero attached hydrogens (tertiary/aromatic N) is 3. The molecule has 0 bridgehead atoms. The van der Waals surface area contributed by atoms with E-state index >= 15 is 0 Å². The van der Waals surface area contributed by atoms with E-state index in [1.54, 1.807) is 12.4 Å². The van der Waals surface area contributed by atoms with Gasteiger partial charge in [-0.3, -0.25) is 4.98 Å². The quantitative estimate of drug-likeness (QED) is 0.773. The number of nitrogens with one attached hydrogen (secondary N) is 1. The van der Waals surface area contributed by atoms with Crippen molar-refractivity contribution in [3.8, 4) is 11.4 Å². The maximum absolute atomic E-state index is 5.19. The fourth-order valence-corrected chi connectivity index (χ4v) is 1.67. The molecular weight excluding hydrogens is 240 g/mol. The van der Waals surface area contributed by atoms with Gasteiger partial charge in [0.1, 0.15) is 0 Å². The van der Waals surface area contributed by atoms with Crippen molar-refractivity contribution < 1.29 is 4.52 Å². The molecule has 0 aliphatic carbocycles. The van der Waals surface area contributed by atoms with Gasteiger partial charge < -0.3 is 9.84 Å². The minimum Gasteiger partial charge on any atom is -0.376 e. The van der Waals surface area contributed by atoms with E-state index in [1.165, 1.54) is 0 Å². The third-order valence-corrected chi connectivity index (χ3v) is 2.61. The van der Waals surface area contributed by atoms with Crippen molar-refractivity contribution in [2.24, 2.45) is 0 Å². The van der Waals surface area contributed by atoms with E-state index in [-0.39, 0.29) is 0 Å². The number of hydrogen-bond donors (Lipinski definition) is 1. The number of anilines is 1. The fourth-order valence-electron chi connectivity index (χ4n) is 1.67. The summed E-state index contributed by atoms with van der Waals surface area (Å²) in [5.41, 5.74) is 1.86. The highest BCUT2D eigenvalue weighted by molar-refractivity contribution is 5.52. The summed E-state index contributed by atoms with van der Waals surface area (Å²) in [5, 5.41) is 7.15. The van der Waals surface area contributed by atoms with Crippen LogP contribution in [0.2, 0.25) is 0 Å². The van der Waals surface area contributed by atoms with Gasteiger partial charge in [-0.1, -0.05) is 23.4 Å². The number of pyridine rings is 1. The average molecular weight is 252 g/mol. The van der Waals surface area contributed by atoms with Crippen LogP contribution in [-0.2, 0) is 6.54 Å². The second-order valence-electron chi connectivity index (χ2n) is 3.97. The third kappa shape index (κ3) is 2.77. The van der Waals surface area contributed by atoms with Gasteiger partial charge in [0.25, 0.3) is 0 Å². The molecule has 1 N–H and O–H groups in total. The Kier molecular flexibility index (Phi) is 3.18. The minimum atomic E-state index is 0.497. The zero-order valence-corrected chi connectivity index (χ0v) is 10.2. The normalized spacial score (nSPS) is 10.3. The lowest BCUT2D eigenvalue weighted by molar-refractivity contribution is 0.384. The molecule has 0 amide bonds. The molecule has 2 heterocycles. The van der Waals surface area contributed by atoms with Crippen LogP contribution in [0.4, 0.5) is 5.69 Å². The minimum absolute atomic E-state index is 0.497. The van der Waals surface area contributed by atoms with Crippen LogP contribution in [-0.4, -0.2) is 15.1 Å². The van der Waals surface area contributed by atoms with Gasteiger partial charge in [0.15, 0.2) is 0 Å². The summed E-state index contributed by atoms with van der Waals surface area (Å²) in [6.45, 7) is 0.497. The SMILES string of the molecule is c1ccc(NCc2nc(-c3cccnc3)no2)cc1. The molecule has 1 aromatic carbocycles. The van der Waals surface area contributed by atoms with Crippen LogP contribution in [0.25, 0.3) is 11.4 Å². The lowest BCUT2D eigenvalue weighted by Gasteiger charge is -2.01. The van der Waals surface area contributed by atoms with E-state index in [4.69, 9.17) is 4.52 Å². The van der Waals surface area contributed by atoms with Crippen LogP contribution in [0.1, 0.15) is 5.89 Å².